The van der Waals surface area contributed by atoms with E-state index in [0.717, 1.165) is 38.9 Å². The van der Waals surface area contributed by atoms with E-state index >= 15 is 0 Å². The molecular formula is C21H32F3IN4O. The number of halogens is 4. The predicted octanol–water partition coefficient (Wildman–Crippen LogP) is 4.34. The second kappa shape index (κ2) is 10.9. The van der Waals surface area contributed by atoms with Crippen LogP contribution in [0.25, 0.3) is 0 Å². The molecule has 1 aliphatic carbocycles. The Morgan fingerprint density at radius 3 is 2.47 bits per heavy atom. The molecule has 0 aromatic heterocycles. The molecule has 2 atom stereocenters. The van der Waals surface area contributed by atoms with E-state index in [4.69, 9.17) is 0 Å². The molecule has 0 bridgehead atoms. The zero-order valence-corrected chi connectivity index (χ0v) is 20.0. The first-order chi connectivity index (χ1) is 13.7. The number of alkyl halides is 3. The zero-order valence-electron chi connectivity index (χ0n) is 17.7. The lowest BCUT2D eigenvalue weighted by atomic mass is 10.0. The fourth-order valence-electron chi connectivity index (χ4n) is 4.02. The van der Waals surface area contributed by atoms with Gasteiger partial charge in [0.25, 0.3) is 0 Å². The fourth-order valence-corrected chi connectivity index (χ4v) is 4.02. The Morgan fingerprint density at radius 2 is 1.87 bits per heavy atom. The van der Waals surface area contributed by atoms with Crippen molar-refractivity contribution in [3.8, 4) is 5.75 Å². The molecule has 2 aliphatic rings. The van der Waals surface area contributed by atoms with E-state index in [2.05, 4.69) is 39.1 Å². The molecule has 1 aliphatic heterocycles. The number of nitrogens with one attached hydrogen (secondary N) is 2. The number of ether oxygens (including phenoxy) is 1. The third kappa shape index (κ3) is 7.47. The molecule has 1 aromatic rings. The second-order valence-electron chi connectivity index (χ2n) is 8.36. The van der Waals surface area contributed by atoms with Crippen LogP contribution in [0.5, 0.6) is 5.75 Å². The molecule has 1 saturated carbocycles. The molecule has 170 valence electrons. The van der Waals surface area contributed by atoms with Gasteiger partial charge in [0.15, 0.2) is 5.96 Å². The first kappa shape index (κ1) is 25.0. The van der Waals surface area contributed by atoms with Crippen LogP contribution in [0.4, 0.5) is 13.2 Å². The van der Waals surface area contributed by atoms with E-state index in [0.29, 0.717) is 23.5 Å². The number of benzene rings is 1. The maximum Gasteiger partial charge on any atom is 0.573 e. The molecule has 1 saturated heterocycles. The van der Waals surface area contributed by atoms with Crippen LogP contribution in [-0.4, -0.2) is 56.0 Å². The van der Waals surface area contributed by atoms with Gasteiger partial charge in [0.1, 0.15) is 5.75 Å². The van der Waals surface area contributed by atoms with Crippen molar-refractivity contribution in [1.29, 1.82) is 0 Å². The minimum atomic E-state index is -4.68. The SMILES string of the molecule is CN=C(NC1CCN(CC(C)C)CC1)NC1CC1c1ccccc1OC(F)(F)F.I. The van der Waals surface area contributed by atoms with Gasteiger partial charge in [-0.3, -0.25) is 4.99 Å². The van der Waals surface area contributed by atoms with E-state index in [1.165, 1.54) is 6.07 Å². The van der Waals surface area contributed by atoms with Crippen molar-refractivity contribution in [2.45, 2.75) is 57.5 Å². The third-order valence-corrected chi connectivity index (χ3v) is 5.43. The Hall–Kier alpha value is -1.23. The molecule has 2 fully saturated rings. The number of rotatable bonds is 6. The van der Waals surface area contributed by atoms with Crippen molar-refractivity contribution < 1.29 is 17.9 Å². The average Bonchev–Trinajstić information content (AvgIpc) is 3.40. The summed E-state index contributed by atoms with van der Waals surface area (Å²) in [6.45, 7) is 7.74. The van der Waals surface area contributed by atoms with Crippen molar-refractivity contribution in [1.82, 2.24) is 15.5 Å². The number of hydrogen-bond acceptors (Lipinski definition) is 3. The van der Waals surface area contributed by atoms with E-state index in [-0.39, 0.29) is 41.7 Å². The Balaban J connectivity index is 0.00000320. The second-order valence-corrected chi connectivity index (χ2v) is 8.36. The lowest BCUT2D eigenvalue weighted by Crippen LogP contribution is -2.49. The highest BCUT2D eigenvalue weighted by molar-refractivity contribution is 14.0. The van der Waals surface area contributed by atoms with Gasteiger partial charge >= 0.3 is 6.36 Å². The Labute approximate surface area is 193 Å². The summed E-state index contributed by atoms with van der Waals surface area (Å²) in [5, 5.41) is 6.84. The van der Waals surface area contributed by atoms with Crippen LogP contribution in [0, 0.1) is 5.92 Å². The van der Waals surface area contributed by atoms with Gasteiger partial charge in [-0.05, 0) is 36.8 Å². The van der Waals surface area contributed by atoms with Crippen LogP contribution < -0.4 is 15.4 Å². The molecule has 1 aromatic carbocycles. The van der Waals surface area contributed by atoms with Crippen molar-refractivity contribution in [2.75, 3.05) is 26.7 Å². The Morgan fingerprint density at radius 1 is 1.20 bits per heavy atom. The molecule has 0 radical (unpaired) electrons. The monoisotopic (exact) mass is 540 g/mol. The van der Waals surface area contributed by atoms with Gasteiger partial charge in [0.2, 0.25) is 0 Å². The van der Waals surface area contributed by atoms with Gasteiger partial charge in [-0.15, -0.1) is 37.1 Å². The van der Waals surface area contributed by atoms with Crippen LogP contribution in [0.3, 0.4) is 0 Å². The van der Waals surface area contributed by atoms with Crippen LogP contribution in [-0.2, 0) is 0 Å². The molecule has 0 spiro atoms. The number of likely N-dealkylation sites (tertiary alicyclic amines) is 1. The van der Waals surface area contributed by atoms with E-state index in [1.807, 2.05) is 0 Å². The van der Waals surface area contributed by atoms with Gasteiger partial charge in [0.05, 0.1) is 0 Å². The number of guanidine groups is 1. The quantitative estimate of drug-likeness (QED) is 0.320. The number of hydrogen-bond donors (Lipinski definition) is 2. The lowest BCUT2D eigenvalue weighted by molar-refractivity contribution is -0.274. The topological polar surface area (TPSA) is 48.9 Å². The molecule has 3 rings (SSSR count). The van der Waals surface area contributed by atoms with Gasteiger partial charge in [-0.1, -0.05) is 32.0 Å². The van der Waals surface area contributed by atoms with Crippen LogP contribution in [0.15, 0.2) is 29.3 Å². The summed E-state index contributed by atoms with van der Waals surface area (Å²) >= 11 is 0. The average molecular weight is 540 g/mol. The molecular weight excluding hydrogens is 508 g/mol. The zero-order chi connectivity index (χ0) is 21.0. The van der Waals surface area contributed by atoms with Crippen LogP contribution >= 0.6 is 24.0 Å². The lowest BCUT2D eigenvalue weighted by Gasteiger charge is -2.34. The molecule has 5 nitrogen and oxygen atoms in total. The highest BCUT2D eigenvalue weighted by atomic mass is 127. The van der Waals surface area contributed by atoms with Crippen molar-refractivity contribution in [3.63, 3.8) is 0 Å². The minimum absolute atomic E-state index is 0. The van der Waals surface area contributed by atoms with Gasteiger partial charge in [-0.25, -0.2) is 0 Å². The standard InChI is InChI=1S/C21H31F3N4O.HI/c1-14(2)13-28-10-8-15(9-11-28)26-20(25-3)27-18-12-17(18)16-6-4-5-7-19(16)29-21(22,23)24;/h4-7,14-15,17-18H,8-13H2,1-3H3,(H2,25,26,27);1H. The van der Waals surface area contributed by atoms with Gasteiger partial charge < -0.3 is 20.3 Å². The summed E-state index contributed by atoms with van der Waals surface area (Å²) in [7, 11) is 1.72. The smallest absolute Gasteiger partial charge is 0.405 e. The van der Waals surface area contributed by atoms with E-state index in [1.54, 1.807) is 25.2 Å². The molecule has 2 unspecified atom stereocenters. The Bertz CT molecular complexity index is 706. The summed E-state index contributed by atoms with van der Waals surface area (Å²) in [5.74, 6) is 1.26. The Kier molecular flexibility index (Phi) is 9.08. The predicted molar refractivity (Wildman–Crippen MR) is 124 cm³/mol. The minimum Gasteiger partial charge on any atom is -0.405 e. The summed E-state index contributed by atoms with van der Waals surface area (Å²) in [4.78, 5) is 6.80. The molecule has 2 N–H and O–H groups in total. The number of piperidine rings is 1. The van der Waals surface area contributed by atoms with Gasteiger partial charge in [0, 0.05) is 44.7 Å². The third-order valence-electron chi connectivity index (χ3n) is 5.43. The first-order valence-electron chi connectivity index (χ1n) is 10.3. The fraction of sp³-hybridized carbons (Fsp3) is 0.667. The summed E-state index contributed by atoms with van der Waals surface area (Å²) in [6, 6.07) is 6.79. The first-order valence-corrected chi connectivity index (χ1v) is 10.3. The van der Waals surface area contributed by atoms with Crippen molar-refractivity contribution in [2.24, 2.45) is 10.9 Å². The summed E-state index contributed by atoms with van der Waals surface area (Å²) in [6.07, 6.45) is -1.81. The normalized spacial score (nSPS) is 23.1. The highest BCUT2D eigenvalue weighted by Gasteiger charge is 2.42. The van der Waals surface area contributed by atoms with Gasteiger partial charge in [-0.2, -0.15) is 0 Å². The molecule has 9 heteroatoms. The molecule has 1 heterocycles. The number of nitrogens with zero attached hydrogens (tertiary/aromatic N) is 2. The van der Waals surface area contributed by atoms with E-state index < -0.39 is 6.36 Å². The molecule has 0 amide bonds. The van der Waals surface area contributed by atoms with Crippen molar-refractivity contribution in [3.05, 3.63) is 29.8 Å². The maximum absolute atomic E-state index is 12.7. The number of aliphatic imine (C=N–C) groups is 1. The number of para-hydroxylation sites is 1. The van der Waals surface area contributed by atoms with E-state index in [9.17, 15) is 13.2 Å². The summed E-state index contributed by atoms with van der Waals surface area (Å²) in [5.41, 5.74) is 0.583. The highest BCUT2D eigenvalue weighted by Crippen LogP contribution is 2.45. The van der Waals surface area contributed by atoms with Crippen LogP contribution in [0.2, 0.25) is 0 Å². The summed E-state index contributed by atoms with van der Waals surface area (Å²) < 4.78 is 42.2. The van der Waals surface area contributed by atoms with Crippen LogP contribution in [0.1, 0.15) is 44.6 Å². The van der Waals surface area contributed by atoms with Crippen molar-refractivity contribution >= 4 is 29.9 Å². The maximum atomic E-state index is 12.7. The molecule has 30 heavy (non-hydrogen) atoms. The largest absolute Gasteiger partial charge is 0.573 e.